The Morgan fingerprint density at radius 1 is 1.28 bits per heavy atom. The van der Waals surface area contributed by atoms with Gasteiger partial charge in [0.1, 0.15) is 4.83 Å². The van der Waals surface area contributed by atoms with E-state index in [0.717, 1.165) is 58.9 Å². The number of carbonyl (C=O) groups is 1. The van der Waals surface area contributed by atoms with Gasteiger partial charge >= 0.3 is 0 Å². The highest BCUT2D eigenvalue weighted by Gasteiger charge is 2.27. The Morgan fingerprint density at radius 3 is 2.66 bits per heavy atom. The molecule has 170 valence electrons. The largest absolute Gasteiger partial charge is 0.342 e. The Hall–Kier alpha value is -2.12. The van der Waals surface area contributed by atoms with Crippen LogP contribution in [-0.2, 0) is 11.2 Å². The van der Waals surface area contributed by atoms with Crippen molar-refractivity contribution in [1.29, 1.82) is 0 Å². The summed E-state index contributed by atoms with van der Waals surface area (Å²) in [4.78, 5) is 35.7. The minimum absolute atomic E-state index is 0.0456. The van der Waals surface area contributed by atoms with E-state index in [-0.39, 0.29) is 16.7 Å². The van der Waals surface area contributed by atoms with Gasteiger partial charge in [-0.2, -0.15) is 0 Å². The van der Waals surface area contributed by atoms with Gasteiger partial charge in [-0.1, -0.05) is 37.7 Å². The van der Waals surface area contributed by atoms with Crippen LogP contribution >= 0.6 is 23.1 Å². The van der Waals surface area contributed by atoms with E-state index < -0.39 is 0 Å². The van der Waals surface area contributed by atoms with E-state index in [2.05, 4.69) is 20.8 Å². The first-order valence-electron chi connectivity index (χ1n) is 11.4. The summed E-state index contributed by atoms with van der Waals surface area (Å²) in [7, 11) is 0. The molecule has 1 fully saturated rings. The van der Waals surface area contributed by atoms with Gasteiger partial charge in [-0.05, 0) is 69.2 Å². The number of fused-ring (bicyclic) bond motifs is 1. The predicted molar refractivity (Wildman–Crippen MR) is 134 cm³/mol. The number of piperidine rings is 1. The van der Waals surface area contributed by atoms with Crippen LogP contribution in [0.2, 0.25) is 0 Å². The number of benzene rings is 1. The second kappa shape index (κ2) is 9.40. The quantitative estimate of drug-likeness (QED) is 0.373. The molecule has 0 bridgehead atoms. The fraction of sp³-hybridized carbons (Fsp3) is 0.480. The van der Waals surface area contributed by atoms with Gasteiger partial charge in [-0.3, -0.25) is 14.2 Å². The lowest BCUT2D eigenvalue weighted by Gasteiger charge is -2.32. The molecule has 1 atom stereocenters. The highest BCUT2D eigenvalue weighted by atomic mass is 32.2. The number of aryl methyl sites for hydroxylation is 3. The molecule has 4 rings (SSSR count). The third kappa shape index (κ3) is 4.37. The molecular formula is C25H31N3O2S2. The maximum Gasteiger partial charge on any atom is 0.267 e. The van der Waals surface area contributed by atoms with E-state index in [1.807, 2.05) is 43.0 Å². The summed E-state index contributed by atoms with van der Waals surface area (Å²) in [6.07, 6.45) is 2.90. The van der Waals surface area contributed by atoms with Crippen molar-refractivity contribution >= 4 is 39.2 Å². The van der Waals surface area contributed by atoms with Crippen molar-refractivity contribution in [3.8, 4) is 5.69 Å². The van der Waals surface area contributed by atoms with Crippen LogP contribution in [0.25, 0.3) is 15.9 Å². The Labute approximate surface area is 197 Å². The first-order chi connectivity index (χ1) is 15.3. The molecule has 0 aliphatic carbocycles. The van der Waals surface area contributed by atoms with Gasteiger partial charge in [0.15, 0.2) is 5.16 Å². The Morgan fingerprint density at radius 2 is 2.00 bits per heavy atom. The monoisotopic (exact) mass is 469 g/mol. The fourth-order valence-electron chi connectivity index (χ4n) is 4.39. The van der Waals surface area contributed by atoms with Gasteiger partial charge < -0.3 is 4.90 Å². The van der Waals surface area contributed by atoms with Crippen LogP contribution in [0.3, 0.4) is 0 Å². The molecule has 0 spiro atoms. The van der Waals surface area contributed by atoms with Crippen LogP contribution in [0.1, 0.15) is 49.6 Å². The van der Waals surface area contributed by atoms with E-state index >= 15 is 0 Å². The summed E-state index contributed by atoms with van der Waals surface area (Å²) >= 11 is 2.96. The lowest BCUT2D eigenvalue weighted by atomic mass is 9.99. The van der Waals surface area contributed by atoms with Crippen molar-refractivity contribution < 1.29 is 4.79 Å². The highest BCUT2D eigenvalue weighted by Crippen LogP contribution is 2.32. The topological polar surface area (TPSA) is 55.2 Å². The molecule has 0 unspecified atom stereocenters. The lowest BCUT2D eigenvalue weighted by molar-refractivity contribution is -0.131. The standard InChI is InChI=1S/C25H31N3O2S2/c1-6-20-17(4)31-22-21(20)24(30)28(19-9-7-8-16(3)14-19)25(26-22)32-18(5)23(29)27-12-10-15(2)11-13-27/h7-9,14-15,18H,6,10-13H2,1-5H3/t18-/m1/s1. The number of amides is 1. The van der Waals surface area contributed by atoms with Gasteiger partial charge in [0, 0.05) is 18.0 Å². The lowest BCUT2D eigenvalue weighted by Crippen LogP contribution is -2.42. The zero-order valence-electron chi connectivity index (χ0n) is 19.5. The minimum atomic E-state index is -0.310. The number of hydrogen-bond donors (Lipinski definition) is 0. The Balaban J connectivity index is 1.78. The van der Waals surface area contributed by atoms with Crippen LogP contribution in [-0.4, -0.2) is 38.7 Å². The molecule has 32 heavy (non-hydrogen) atoms. The molecule has 5 nitrogen and oxygen atoms in total. The van der Waals surface area contributed by atoms with Crippen molar-refractivity contribution in [1.82, 2.24) is 14.5 Å². The van der Waals surface area contributed by atoms with Gasteiger partial charge in [0.25, 0.3) is 5.56 Å². The average molecular weight is 470 g/mol. The Bertz CT molecular complexity index is 1210. The molecule has 3 heterocycles. The molecule has 2 aromatic heterocycles. The van der Waals surface area contributed by atoms with Crippen LogP contribution in [0.4, 0.5) is 0 Å². The van der Waals surface area contributed by atoms with Crippen molar-refractivity contribution in [3.05, 3.63) is 50.6 Å². The van der Waals surface area contributed by atoms with E-state index in [4.69, 9.17) is 4.98 Å². The van der Waals surface area contributed by atoms with Gasteiger partial charge in [-0.15, -0.1) is 11.3 Å². The second-order valence-electron chi connectivity index (χ2n) is 8.81. The molecular weight excluding hydrogens is 438 g/mol. The molecule has 1 aliphatic rings. The number of hydrogen-bond acceptors (Lipinski definition) is 5. The second-order valence-corrected chi connectivity index (χ2v) is 11.3. The molecule has 0 saturated carbocycles. The number of thiophene rings is 1. The zero-order chi connectivity index (χ0) is 23.0. The van der Waals surface area contributed by atoms with E-state index in [0.29, 0.717) is 16.5 Å². The summed E-state index contributed by atoms with van der Waals surface area (Å²) < 4.78 is 1.70. The Kier molecular flexibility index (Phi) is 6.77. The van der Waals surface area contributed by atoms with Gasteiger partial charge in [0.2, 0.25) is 5.91 Å². The molecule has 3 aromatic rings. The summed E-state index contributed by atoms with van der Waals surface area (Å²) in [5, 5.41) is 0.989. The van der Waals surface area contributed by atoms with E-state index in [9.17, 15) is 9.59 Å². The molecule has 0 radical (unpaired) electrons. The van der Waals surface area contributed by atoms with Gasteiger partial charge in [0.05, 0.1) is 16.3 Å². The third-order valence-electron chi connectivity index (χ3n) is 6.33. The van der Waals surface area contributed by atoms with Crippen molar-refractivity contribution in [2.75, 3.05) is 13.1 Å². The maximum atomic E-state index is 13.8. The molecule has 7 heteroatoms. The minimum Gasteiger partial charge on any atom is -0.342 e. The number of nitrogens with zero attached hydrogens (tertiary/aromatic N) is 3. The van der Waals surface area contributed by atoms with Gasteiger partial charge in [-0.25, -0.2) is 4.98 Å². The molecule has 1 aliphatic heterocycles. The number of aromatic nitrogens is 2. The normalized spacial score (nSPS) is 16.0. The van der Waals surface area contributed by atoms with Crippen molar-refractivity contribution in [2.45, 2.75) is 64.3 Å². The number of likely N-dealkylation sites (tertiary alicyclic amines) is 1. The summed E-state index contributed by atoms with van der Waals surface area (Å²) in [6, 6.07) is 7.92. The molecule has 0 N–H and O–H groups in total. The summed E-state index contributed by atoms with van der Waals surface area (Å²) in [6.45, 7) is 11.9. The number of carbonyl (C=O) groups excluding carboxylic acids is 1. The highest BCUT2D eigenvalue weighted by molar-refractivity contribution is 8.00. The van der Waals surface area contributed by atoms with E-state index in [1.54, 1.807) is 15.9 Å². The smallest absolute Gasteiger partial charge is 0.267 e. The SMILES string of the molecule is CCc1c(C)sc2nc(S[C@H](C)C(=O)N3CCC(C)CC3)n(-c3cccc(C)c3)c(=O)c12. The summed E-state index contributed by atoms with van der Waals surface area (Å²) in [5.41, 5.74) is 2.90. The fourth-order valence-corrected chi connectivity index (χ4v) is 6.56. The van der Waals surface area contributed by atoms with Crippen LogP contribution < -0.4 is 5.56 Å². The van der Waals surface area contributed by atoms with Crippen LogP contribution in [0, 0.1) is 19.8 Å². The first kappa shape index (κ1) is 23.1. The van der Waals surface area contributed by atoms with Crippen molar-refractivity contribution in [2.24, 2.45) is 5.92 Å². The predicted octanol–water partition coefficient (Wildman–Crippen LogP) is 5.37. The van der Waals surface area contributed by atoms with Crippen molar-refractivity contribution in [3.63, 3.8) is 0 Å². The molecule has 1 amide bonds. The molecule has 1 aromatic carbocycles. The third-order valence-corrected chi connectivity index (χ3v) is 8.42. The average Bonchev–Trinajstić information content (AvgIpc) is 3.09. The van der Waals surface area contributed by atoms with Crippen LogP contribution in [0.15, 0.2) is 34.2 Å². The van der Waals surface area contributed by atoms with E-state index in [1.165, 1.54) is 11.8 Å². The number of thioether (sulfide) groups is 1. The first-order valence-corrected chi connectivity index (χ1v) is 13.1. The molecule has 1 saturated heterocycles. The summed E-state index contributed by atoms with van der Waals surface area (Å²) in [5.74, 6) is 0.802. The van der Waals surface area contributed by atoms with Crippen LogP contribution in [0.5, 0.6) is 0 Å². The maximum absolute atomic E-state index is 13.8. The number of rotatable bonds is 5. The zero-order valence-corrected chi connectivity index (χ0v) is 21.1.